The lowest BCUT2D eigenvalue weighted by atomic mass is 9.55. The standard InChI is InChI=1S/C63H95N5O16/c1-15-29-79-45(71)24-21-40-51-38(7)55-60(11,28-27-48(74)82-32-18-4)43(35-49(75)83-33-19-5)57(66-55)63(14)62(13,37-50(76)84-34-20-6)42(23-26-47(73)81-31-17-3)52(67-63)39(8)56-61(12,36-44(69)70)41(22-25-46(72)80-30-16-2)53(65-56)54(68(77)78)58(64-51)59(40,9)10/h40-43,57,65H,15-37H2,1-14H3,(H,69,70)/b51-38-,54-53+,56-39?/t40-,41-,42-,43+,57-,60-,61+,62+,63+/m1/s1. The highest BCUT2D eigenvalue weighted by Gasteiger charge is 2.67. The van der Waals surface area contributed by atoms with E-state index in [9.17, 15) is 48.8 Å². The van der Waals surface area contributed by atoms with Crippen LogP contribution in [0.4, 0.5) is 0 Å². The van der Waals surface area contributed by atoms with Crippen LogP contribution in [0.5, 0.6) is 0 Å². The molecule has 0 aromatic heterocycles. The van der Waals surface area contributed by atoms with Gasteiger partial charge in [0.1, 0.15) is 5.71 Å². The number of nitro groups is 1. The minimum absolute atomic E-state index is 0.00926. The molecule has 0 aromatic carbocycles. The number of aliphatic imine (C=N–C) groups is 3. The molecule has 1 saturated heterocycles. The van der Waals surface area contributed by atoms with Gasteiger partial charge in [-0.2, -0.15) is 0 Å². The number of carboxylic acids is 1. The summed E-state index contributed by atoms with van der Waals surface area (Å²) in [4.78, 5) is 128. The summed E-state index contributed by atoms with van der Waals surface area (Å²) in [5, 5.41) is 28.9. The number of fused-ring (bicyclic) bond motifs is 6. The molecule has 5 aliphatic rings. The topological polar surface area (TPSA) is 287 Å². The maximum absolute atomic E-state index is 14.6. The van der Waals surface area contributed by atoms with Crippen molar-refractivity contribution >= 4 is 58.9 Å². The van der Waals surface area contributed by atoms with E-state index in [1.807, 2.05) is 83.1 Å². The summed E-state index contributed by atoms with van der Waals surface area (Å²) in [6, 6.07) is -1.03. The summed E-state index contributed by atoms with van der Waals surface area (Å²) < 4.78 is 34.2. The fraction of sp³-hybridized carbons (Fsp3) is 0.746. The molecule has 468 valence electrons. The van der Waals surface area contributed by atoms with Gasteiger partial charge in [0.15, 0.2) is 0 Å². The second-order valence-corrected chi connectivity index (χ2v) is 24.8. The normalized spacial score (nSPS) is 29.4. The smallest absolute Gasteiger partial charge is 0.310 e. The van der Waals surface area contributed by atoms with Crippen molar-refractivity contribution in [2.24, 2.45) is 60.3 Å². The number of carbonyl (C=O) groups is 7. The van der Waals surface area contributed by atoms with E-state index in [0.29, 0.717) is 66.8 Å². The minimum Gasteiger partial charge on any atom is -0.481 e. The van der Waals surface area contributed by atoms with Gasteiger partial charge in [-0.05, 0) is 96.1 Å². The number of rotatable bonds is 31. The number of hydrogen-bond donors (Lipinski definition) is 2. The maximum Gasteiger partial charge on any atom is 0.310 e. The third-order valence-electron chi connectivity index (χ3n) is 18.3. The lowest BCUT2D eigenvalue weighted by molar-refractivity contribution is -0.417. The molecule has 5 aliphatic heterocycles. The Bertz CT molecular complexity index is 2700. The average Bonchev–Trinajstić information content (AvgIpc) is 1.57. The number of carbonyl (C=O) groups excluding carboxylic acids is 6. The van der Waals surface area contributed by atoms with Gasteiger partial charge in [0.2, 0.25) is 0 Å². The van der Waals surface area contributed by atoms with Crippen LogP contribution in [0.1, 0.15) is 206 Å². The zero-order valence-electron chi connectivity index (χ0n) is 52.5. The lowest BCUT2D eigenvalue weighted by Crippen LogP contribution is -2.55. The Morgan fingerprint density at radius 1 is 0.583 bits per heavy atom. The van der Waals surface area contributed by atoms with Crippen LogP contribution in [0.3, 0.4) is 0 Å². The molecule has 0 amide bonds. The molecule has 5 rings (SSSR count). The fourth-order valence-electron chi connectivity index (χ4n) is 13.7. The van der Waals surface area contributed by atoms with Crippen LogP contribution in [-0.2, 0) is 62.0 Å². The van der Waals surface area contributed by atoms with Crippen molar-refractivity contribution in [1.82, 2.24) is 5.32 Å². The van der Waals surface area contributed by atoms with Crippen molar-refractivity contribution in [3.63, 3.8) is 0 Å². The van der Waals surface area contributed by atoms with Crippen molar-refractivity contribution < 1.29 is 72.0 Å². The van der Waals surface area contributed by atoms with Crippen LogP contribution in [0.2, 0.25) is 0 Å². The highest BCUT2D eigenvalue weighted by molar-refractivity contribution is 6.11. The van der Waals surface area contributed by atoms with Gasteiger partial charge in [-0.3, -0.25) is 53.7 Å². The van der Waals surface area contributed by atoms with Gasteiger partial charge in [-0.25, -0.2) is 4.99 Å². The summed E-state index contributed by atoms with van der Waals surface area (Å²) in [6.07, 6.45) is 1.72. The summed E-state index contributed by atoms with van der Waals surface area (Å²) in [6.45, 7) is 26.7. The molecule has 0 saturated carbocycles. The summed E-state index contributed by atoms with van der Waals surface area (Å²) in [5.41, 5.74) is -5.10. The molecule has 0 spiro atoms. The Kier molecular flexibility index (Phi) is 23.8. The van der Waals surface area contributed by atoms with Crippen molar-refractivity contribution in [2.45, 2.75) is 218 Å². The first kappa shape index (κ1) is 68.5. The number of nitrogens with one attached hydrogen (secondary N) is 1. The molecule has 5 heterocycles. The zero-order valence-corrected chi connectivity index (χ0v) is 52.5. The molecule has 1 fully saturated rings. The van der Waals surface area contributed by atoms with Gasteiger partial charge in [0.05, 0.1) is 81.1 Å². The van der Waals surface area contributed by atoms with Gasteiger partial charge >= 0.3 is 47.5 Å². The molecule has 0 aromatic rings. The Balaban J connectivity index is 2.09. The third-order valence-corrected chi connectivity index (χ3v) is 18.3. The van der Waals surface area contributed by atoms with E-state index in [0.717, 1.165) is 0 Å². The number of hydrogen-bond acceptors (Lipinski definition) is 19. The second-order valence-electron chi connectivity index (χ2n) is 24.8. The van der Waals surface area contributed by atoms with Crippen LogP contribution in [-0.4, -0.2) is 120 Å². The van der Waals surface area contributed by atoms with E-state index in [4.69, 9.17) is 43.4 Å². The molecule has 84 heavy (non-hydrogen) atoms. The number of esters is 6. The van der Waals surface area contributed by atoms with Crippen LogP contribution in [0, 0.1) is 55.4 Å². The maximum atomic E-state index is 14.6. The summed E-state index contributed by atoms with van der Waals surface area (Å²) >= 11 is 0. The average molecular weight is 1180 g/mol. The predicted molar refractivity (Wildman–Crippen MR) is 315 cm³/mol. The fourth-order valence-corrected chi connectivity index (χ4v) is 13.7. The first-order valence-electron chi connectivity index (χ1n) is 30.6. The molecule has 21 heteroatoms. The first-order chi connectivity index (χ1) is 39.6. The molecule has 0 aliphatic carbocycles. The van der Waals surface area contributed by atoms with Crippen LogP contribution in [0.15, 0.2) is 48.9 Å². The minimum atomic E-state index is -1.55. The molecular formula is C63H95N5O16. The van der Waals surface area contributed by atoms with Crippen molar-refractivity contribution in [2.75, 3.05) is 39.6 Å². The molecule has 9 atom stereocenters. The van der Waals surface area contributed by atoms with Crippen LogP contribution >= 0.6 is 0 Å². The van der Waals surface area contributed by atoms with E-state index in [1.165, 1.54) is 0 Å². The molecule has 8 bridgehead atoms. The summed E-state index contributed by atoms with van der Waals surface area (Å²) in [5.74, 6) is -7.91. The lowest BCUT2D eigenvalue weighted by Gasteiger charge is -2.48. The van der Waals surface area contributed by atoms with Gasteiger partial charge in [-0.15, -0.1) is 0 Å². The predicted octanol–water partition coefficient (Wildman–Crippen LogP) is 10.7. The Labute approximate surface area is 496 Å². The molecule has 21 nitrogen and oxygen atoms in total. The van der Waals surface area contributed by atoms with Gasteiger partial charge < -0.3 is 38.8 Å². The monoisotopic (exact) mass is 1180 g/mol. The zero-order chi connectivity index (χ0) is 62.5. The third kappa shape index (κ3) is 14.5. The van der Waals surface area contributed by atoms with E-state index in [2.05, 4.69) is 5.32 Å². The Morgan fingerprint density at radius 3 is 1.51 bits per heavy atom. The van der Waals surface area contributed by atoms with Crippen LogP contribution in [0.25, 0.3) is 0 Å². The first-order valence-corrected chi connectivity index (χ1v) is 30.6. The van der Waals surface area contributed by atoms with Gasteiger partial charge in [0, 0.05) is 93.8 Å². The number of nitrogens with zero attached hydrogens (tertiary/aromatic N) is 4. The second kappa shape index (κ2) is 29.2. The summed E-state index contributed by atoms with van der Waals surface area (Å²) in [7, 11) is 0. The highest BCUT2D eigenvalue weighted by Crippen LogP contribution is 2.63. The number of ether oxygens (including phenoxy) is 6. The Hall–Kier alpha value is -6.28. The molecule has 0 radical (unpaired) electrons. The quantitative estimate of drug-likeness (QED) is 0.0282. The van der Waals surface area contributed by atoms with Gasteiger partial charge in [-0.1, -0.05) is 76.2 Å². The molecular weight excluding hydrogens is 1080 g/mol. The van der Waals surface area contributed by atoms with Crippen LogP contribution < -0.4 is 5.32 Å². The van der Waals surface area contributed by atoms with Crippen molar-refractivity contribution in [3.05, 3.63) is 44.0 Å². The Morgan fingerprint density at radius 2 is 1.04 bits per heavy atom. The van der Waals surface area contributed by atoms with Crippen molar-refractivity contribution in [1.29, 1.82) is 0 Å². The van der Waals surface area contributed by atoms with E-state index >= 15 is 0 Å². The number of aliphatic carboxylic acids is 1. The van der Waals surface area contributed by atoms with E-state index in [-0.39, 0.29) is 121 Å². The highest BCUT2D eigenvalue weighted by atomic mass is 16.6. The largest absolute Gasteiger partial charge is 0.481 e. The number of allylic oxidation sites excluding steroid dienone is 6. The van der Waals surface area contributed by atoms with Gasteiger partial charge in [0.25, 0.3) is 0 Å². The SMILES string of the molecule is CCCOC(=O)CC[C@@H]1/C2=C(\C)C3=N[C@H]([C@H](CC(=O)OCCC)[C@@]3(C)CCC(=O)OCCC)[C@]3(C)N=C(C(C)=C4N/C(=C(/[N+](=O)[O-])C(=N2)C1(C)C)[C@@H](CCC(=O)OCCC)[C@]4(C)CC(=O)O)[C@@H](CCC(=O)OCCC)[C@]3(C)CC(=O)OCCC. The number of carboxylic acid groups (broad SMARTS) is 1. The molecule has 0 unspecified atom stereocenters. The molecule has 2 N–H and O–H groups in total. The van der Waals surface area contributed by atoms with E-state index < -0.39 is 116 Å². The van der Waals surface area contributed by atoms with E-state index in [1.54, 1.807) is 13.8 Å². The van der Waals surface area contributed by atoms with Crippen molar-refractivity contribution in [3.8, 4) is 0 Å².